The quantitative estimate of drug-likeness (QED) is 0.0681. The molecule has 0 bridgehead atoms. The summed E-state index contributed by atoms with van der Waals surface area (Å²) >= 11 is 0. The first-order valence-corrected chi connectivity index (χ1v) is 21.4. The van der Waals surface area contributed by atoms with Gasteiger partial charge in [-0.1, -0.05) is 69.9 Å². The molecule has 3 N–H and O–H groups in total. The summed E-state index contributed by atoms with van der Waals surface area (Å²) in [5, 5.41) is 15.4. The molecular formula is C45H66N2O10. The van der Waals surface area contributed by atoms with Crippen molar-refractivity contribution in [3.63, 3.8) is 0 Å². The number of amides is 2. The van der Waals surface area contributed by atoms with Gasteiger partial charge in [-0.25, -0.2) is 4.79 Å². The van der Waals surface area contributed by atoms with Gasteiger partial charge in [-0.3, -0.25) is 14.4 Å². The van der Waals surface area contributed by atoms with Crippen molar-refractivity contribution in [1.29, 1.82) is 0 Å². The lowest BCUT2D eigenvalue weighted by Crippen LogP contribution is -2.44. The van der Waals surface area contributed by atoms with Crippen molar-refractivity contribution in [3.05, 3.63) is 53.1 Å². The van der Waals surface area contributed by atoms with E-state index in [1.54, 1.807) is 32.9 Å². The number of hydrogen-bond acceptors (Lipinski definition) is 10. The molecule has 3 unspecified atom stereocenters. The normalized spacial score (nSPS) is 25.5. The van der Waals surface area contributed by atoms with Crippen LogP contribution in [-0.4, -0.2) is 90.0 Å². The SMILES string of the molecule is CCCCCC1(CCCCC)O[C@@H]2[C@@H](C=C(C(=O)NCCC(=O)N[C@H](CO)CCC(=O)OC(C)(C)C)C[C@H]2OC(=O)c2ccccc2C=CC2CCC3OC3C2)O1. The highest BCUT2D eigenvalue weighted by atomic mass is 16.8. The predicted molar refractivity (Wildman–Crippen MR) is 216 cm³/mol. The molecule has 5 rings (SSSR count). The third-order valence-corrected chi connectivity index (χ3v) is 11.2. The fourth-order valence-corrected chi connectivity index (χ4v) is 8.08. The van der Waals surface area contributed by atoms with Crippen molar-refractivity contribution in [2.45, 2.75) is 179 Å². The van der Waals surface area contributed by atoms with Gasteiger partial charge in [0.25, 0.3) is 0 Å². The van der Waals surface area contributed by atoms with Crippen LogP contribution in [0, 0.1) is 5.92 Å². The lowest BCUT2D eigenvalue weighted by molar-refractivity contribution is -0.190. The largest absolute Gasteiger partial charge is 0.460 e. The van der Waals surface area contributed by atoms with Gasteiger partial charge in [0.05, 0.1) is 30.4 Å². The van der Waals surface area contributed by atoms with E-state index < -0.39 is 47.7 Å². The summed E-state index contributed by atoms with van der Waals surface area (Å²) in [7, 11) is 0. The fraction of sp³-hybridized carbons (Fsp3) is 0.689. The summed E-state index contributed by atoms with van der Waals surface area (Å²) in [5.74, 6) is -2.11. The van der Waals surface area contributed by atoms with Crippen molar-refractivity contribution >= 4 is 29.8 Å². The average molecular weight is 795 g/mol. The fourth-order valence-electron chi connectivity index (χ4n) is 8.08. The van der Waals surface area contributed by atoms with Crippen molar-refractivity contribution < 1.29 is 48.0 Å². The number of carbonyl (C=O) groups is 4. The number of nitrogens with one attached hydrogen (secondary N) is 2. The Balaban J connectivity index is 1.25. The molecule has 12 heteroatoms. The first kappa shape index (κ1) is 44.5. The van der Waals surface area contributed by atoms with Crippen LogP contribution >= 0.6 is 0 Å². The zero-order chi connectivity index (χ0) is 41.0. The van der Waals surface area contributed by atoms with Crippen LogP contribution in [0.25, 0.3) is 6.08 Å². The monoisotopic (exact) mass is 794 g/mol. The topological polar surface area (TPSA) is 162 Å². The molecule has 2 aliphatic carbocycles. The van der Waals surface area contributed by atoms with Gasteiger partial charge in [-0.2, -0.15) is 0 Å². The zero-order valence-electron chi connectivity index (χ0n) is 34.7. The number of epoxide rings is 1. The number of aliphatic hydroxyl groups is 1. The molecule has 2 heterocycles. The highest BCUT2D eigenvalue weighted by Gasteiger charge is 2.52. The standard InChI is InChI=1S/C45H66N2O10/c1-6-8-12-23-45(24-13-9-7-2)55-38-28-32(42(51)46-25-22-39(49)47-33(29-48)19-21-40(50)56-44(3,4)5)27-37(41(38)57-45)54-43(52)34-15-11-10-14-31(34)18-16-30-17-20-35-36(26-30)53-35/h10-11,14-16,18,28,30,33,35-38,41,48H,6-9,12-13,17,19-27,29H2,1-5H3,(H,46,51)(H,47,49)/t30?,33-,35?,36?,37+,38+,41-/m0/s1. The van der Waals surface area contributed by atoms with E-state index in [-0.39, 0.29) is 50.6 Å². The number of esters is 2. The van der Waals surface area contributed by atoms with E-state index >= 15 is 0 Å². The Kier molecular flexibility index (Phi) is 16.3. The Hall–Kier alpha value is -3.58. The van der Waals surface area contributed by atoms with Gasteiger partial charge in [0.15, 0.2) is 5.79 Å². The number of allylic oxidation sites excluding steroid dienone is 1. The Morgan fingerprint density at radius 1 is 0.982 bits per heavy atom. The van der Waals surface area contributed by atoms with E-state index in [0.717, 1.165) is 63.4 Å². The van der Waals surface area contributed by atoms with Crippen LogP contribution in [0.1, 0.15) is 147 Å². The van der Waals surface area contributed by atoms with Gasteiger partial charge in [0.2, 0.25) is 11.8 Å². The Labute approximate surface area is 338 Å². The number of carbonyl (C=O) groups excluding carboxylic acids is 4. The van der Waals surface area contributed by atoms with Crippen molar-refractivity contribution in [1.82, 2.24) is 10.6 Å². The van der Waals surface area contributed by atoms with Gasteiger partial charge < -0.3 is 39.4 Å². The maximum Gasteiger partial charge on any atom is 0.339 e. The molecule has 1 saturated carbocycles. The molecule has 1 aromatic rings. The molecule has 3 fully saturated rings. The van der Waals surface area contributed by atoms with Gasteiger partial charge in [-0.15, -0.1) is 0 Å². The van der Waals surface area contributed by atoms with Crippen molar-refractivity contribution in [2.24, 2.45) is 5.92 Å². The number of hydrogen-bond donors (Lipinski definition) is 3. The first-order chi connectivity index (χ1) is 27.3. The summed E-state index contributed by atoms with van der Waals surface area (Å²) in [6.07, 6.45) is 15.7. The van der Waals surface area contributed by atoms with Gasteiger partial charge >= 0.3 is 11.9 Å². The van der Waals surface area contributed by atoms with Crippen molar-refractivity contribution in [2.75, 3.05) is 13.2 Å². The number of ether oxygens (including phenoxy) is 5. The van der Waals surface area contributed by atoms with E-state index in [1.807, 2.05) is 24.3 Å². The summed E-state index contributed by atoms with van der Waals surface area (Å²) < 4.78 is 30.9. The summed E-state index contributed by atoms with van der Waals surface area (Å²) in [6, 6.07) is 6.78. The number of rotatable bonds is 21. The lowest BCUT2D eigenvalue weighted by atomic mass is 9.88. The first-order valence-electron chi connectivity index (χ1n) is 21.4. The van der Waals surface area contributed by atoms with Crippen molar-refractivity contribution in [3.8, 4) is 0 Å². The average Bonchev–Trinajstić information content (AvgIpc) is 3.86. The van der Waals surface area contributed by atoms with Gasteiger partial charge in [-0.05, 0) is 82.9 Å². The van der Waals surface area contributed by atoms with Crippen LogP contribution in [0.2, 0.25) is 0 Å². The van der Waals surface area contributed by atoms with E-state index in [2.05, 4.69) is 30.6 Å². The molecule has 12 nitrogen and oxygen atoms in total. The van der Waals surface area contributed by atoms with E-state index in [1.165, 1.54) is 0 Å². The second-order valence-corrected chi connectivity index (χ2v) is 17.1. The summed E-state index contributed by atoms with van der Waals surface area (Å²) in [6.45, 7) is 9.34. The van der Waals surface area contributed by atoms with Crippen LogP contribution in [-0.2, 0) is 38.1 Å². The molecule has 2 amide bonds. The molecule has 4 aliphatic rings. The maximum atomic E-state index is 14.0. The zero-order valence-corrected chi connectivity index (χ0v) is 34.7. The number of aliphatic hydroxyl groups excluding tert-OH is 1. The minimum Gasteiger partial charge on any atom is -0.460 e. The highest BCUT2D eigenvalue weighted by Crippen LogP contribution is 2.44. The van der Waals surface area contributed by atoms with Crippen LogP contribution in [0.4, 0.5) is 0 Å². The van der Waals surface area contributed by atoms with Crippen LogP contribution in [0.15, 0.2) is 42.0 Å². The Bertz CT molecular complexity index is 1570. The molecule has 0 radical (unpaired) electrons. The third-order valence-electron chi connectivity index (χ3n) is 11.2. The van der Waals surface area contributed by atoms with E-state index in [9.17, 15) is 24.3 Å². The van der Waals surface area contributed by atoms with Gasteiger partial charge in [0.1, 0.15) is 23.9 Å². The van der Waals surface area contributed by atoms with Crippen LogP contribution in [0.5, 0.6) is 0 Å². The molecule has 0 aromatic heterocycles. The predicted octanol–water partition coefficient (Wildman–Crippen LogP) is 6.87. The second kappa shape index (κ2) is 20.9. The second-order valence-electron chi connectivity index (χ2n) is 17.1. The number of fused-ring (bicyclic) bond motifs is 2. The summed E-state index contributed by atoms with van der Waals surface area (Å²) in [5.41, 5.74) is 0.982. The Morgan fingerprint density at radius 3 is 2.40 bits per heavy atom. The van der Waals surface area contributed by atoms with Crippen LogP contribution < -0.4 is 10.6 Å². The molecular weight excluding hydrogens is 728 g/mol. The third kappa shape index (κ3) is 13.5. The molecule has 57 heavy (non-hydrogen) atoms. The molecule has 316 valence electrons. The smallest absolute Gasteiger partial charge is 0.339 e. The lowest BCUT2D eigenvalue weighted by Gasteiger charge is -2.31. The van der Waals surface area contributed by atoms with Crippen LogP contribution in [0.3, 0.4) is 0 Å². The minimum atomic E-state index is -0.845. The molecule has 2 saturated heterocycles. The van der Waals surface area contributed by atoms with E-state index in [0.29, 0.717) is 42.1 Å². The molecule has 7 atom stereocenters. The number of benzene rings is 1. The highest BCUT2D eigenvalue weighted by molar-refractivity contribution is 5.95. The Morgan fingerprint density at radius 2 is 1.72 bits per heavy atom. The number of unbranched alkanes of at least 4 members (excludes halogenated alkanes) is 4. The summed E-state index contributed by atoms with van der Waals surface area (Å²) in [4.78, 5) is 52.6. The van der Waals surface area contributed by atoms with Gasteiger partial charge in [0, 0.05) is 44.2 Å². The molecule has 0 spiro atoms. The van der Waals surface area contributed by atoms with E-state index in [4.69, 9.17) is 23.7 Å². The maximum absolute atomic E-state index is 14.0. The minimum absolute atomic E-state index is 0.0360. The molecule has 1 aromatic carbocycles. The molecule has 2 aliphatic heterocycles.